The SMILES string of the molecule is CCOC(=O)C1=C(O)[C@@H](C(=O)OCC)[C@H]2NC(=O)N(C)[C@H]1[C@H]2[N+](=O)[O-]. The van der Waals surface area contributed by atoms with Gasteiger partial charge in [0, 0.05) is 12.0 Å². The number of nitrogens with zero attached hydrogens (tertiary/aromatic N) is 2. The number of rotatable bonds is 5. The molecule has 0 saturated carbocycles. The Bertz CT molecular complexity index is 646. The van der Waals surface area contributed by atoms with Crippen LogP contribution in [0.5, 0.6) is 0 Å². The molecule has 1 fully saturated rings. The normalized spacial score (nSPS) is 28.3. The first-order chi connectivity index (χ1) is 11.8. The number of likely N-dealkylation sites (N-methyl/N-ethyl adjacent to an activating group) is 1. The Kier molecular flexibility index (Phi) is 5.14. The minimum atomic E-state index is -1.57. The van der Waals surface area contributed by atoms with Gasteiger partial charge in [0.1, 0.15) is 29.3 Å². The summed E-state index contributed by atoms with van der Waals surface area (Å²) < 4.78 is 9.70. The van der Waals surface area contributed by atoms with Gasteiger partial charge in [-0.3, -0.25) is 14.9 Å². The van der Waals surface area contributed by atoms with Gasteiger partial charge in [0.05, 0.1) is 13.2 Å². The highest BCUT2D eigenvalue weighted by Gasteiger charge is 2.61. The summed E-state index contributed by atoms with van der Waals surface area (Å²) in [5, 5.41) is 24.4. The second-order valence-corrected chi connectivity index (χ2v) is 5.56. The van der Waals surface area contributed by atoms with Crippen molar-refractivity contribution in [3.8, 4) is 0 Å². The Morgan fingerprint density at radius 3 is 2.44 bits per heavy atom. The van der Waals surface area contributed by atoms with E-state index in [0.717, 1.165) is 4.90 Å². The number of nitro groups is 1. The standard InChI is InChI=1S/C14H19N3O8/c1-4-24-12(19)6-8-10(17(22)23)9(16(3)14(21)15-8)7(11(6)18)13(20)25-5-2/h6,8-10,18H,4-5H2,1-3H3,(H,15,21)/t6-,8+,9+,10-/m0/s1. The predicted octanol–water partition coefficient (Wildman–Crippen LogP) is -0.408. The van der Waals surface area contributed by atoms with Crippen LogP contribution in [0.15, 0.2) is 11.3 Å². The average molecular weight is 357 g/mol. The molecule has 138 valence electrons. The zero-order valence-corrected chi connectivity index (χ0v) is 13.9. The van der Waals surface area contributed by atoms with Crippen LogP contribution in [0, 0.1) is 16.0 Å². The zero-order chi connectivity index (χ0) is 18.9. The lowest BCUT2D eigenvalue weighted by Crippen LogP contribution is -2.72. The molecule has 2 amide bonds. The Hall–Kier alpha value is -2.85. The lowest BCUT2D eigenvalue weighted by atomic mass is 9.75. The molecule has 0 aromatic rings. The highest BCUT2D eigenvalue weighted by Crippen LogP contribution is 2.37. The first-order valence-electron chi connectivity index (χ1n) is 7.69. The Labute approximate surface area is 142 Å². The van der Waals surface area contributed by atoms with Crippen LogP contribution in [0.2, 0.25) is 0 Å². The maximum absolute atomic E-state index is 12.3. The van der Waals surface area contributed by atoms with Gasteiger partial charge in [-0.25, -0.2) is 9.59 Å². The van der Waals surface area contributed by atoms with Crippen LogP contribution in [-0.2, 0) is 19.1 Å². The minimum Gasteiger partial charge on any atom is -0.511 e. The van der Waals surface area contributed by atoms with Gasteiger partial charge in [0.15, 0.2) is 0 Å². The highest BCUT2D eigenvalue weighted by molar-refractivity contribution is 5.95. The molecular weight excluding hydrogens is 338 g/mol. The number of hydrogen-bond donors (Lipinski definition) is 2. The van der Waals surface area contributed by atoms with Crippen molar-refractivity contribution >= 4 is 18.0 Å². The minimum absolute atomic E-state index is 0.0372. The highest BCUT2D eigenvalue weighted by atomic mass is 16.6. The topological polar surface area (TPSA) is 148 Å². The second-order valence-electron chi connectivity index (χ2n) is 5.56. The largest absolute Gasteiger partial charge is 0.511 e. The number of urea groups is 1. The monoisotopic (exact) mass is 357 g/mol. The van der Waals surface area contributed by atoms with Crippen LogP contribution in [0.25, 0.3) is 0 Å². The fourth-order valence-corrected chi connectivity index (χ4v) is 3.19. The summed E-state index contributed by atoms with van der Waals surface area (Å²) in [4.78, 5) is 48.5. The number of aliphatic hydroxyl groups is 1. The first-order valence-corrected chi connectivity index (χ1v) is 7.69. The van der Waals surface area contributed by atoms with Gasteiger partial charge >= 0.3 is 18.0 Å². The number of fused-ring (bicyclic) bond motifs is 2. The molecule has 1 heterocycles. The fraction of sp³-hybridized carbons (Fsp3) is 0.643. The van der Waals surface area contributed by atoms with Crippen LogP contribution >= 0.6 is 0 Å². The second kappa shape index (κ2) is 6.95. The van der Waals surface area contributed by atoms with Crippen molar-refractivity contribution in [1.29, 1.82) is 0 Å². The number of nitrogens with one attached hydrogen (secondary N) is 1. The number of amides is 2. The molecule has 11 nitrogen and oxygen atoms in total. The maximum Gasteiger partial charge on any atom is 0.339 e. The molecule has 1 saturated heterocycles. The molecule has 11 heteroatoms. The molecule has 4 atom stereocenters. The molecule has 0 radical (unpaired) electrons. The molecule has 25 heavy (non-hydrogen) atoms. The molecule has 2 aliphatic rings. The third-order valence-corrected chi connectivity index (χ3v) is 4.22. The van der Waals surface area contributed by atoms with E-state index < -0.39 is 58.3 Å². The number of aliphatic hydroxyl groups excluding tert-OH is 1. The van der Waals surface area contributed by atoms with Crippen LogP contribution in [0.4, 0.5) is 4.79 Å². The molecule has 1 aliphatic heterocycles. The van der Waals surface area contributed by atoms with Crippen molar-refractivity contribution < 1.29 is 33.9 Å². The molecule has 2 bridgehead atoms. The van der Waals surface area contributed by atoms with E-state index in [-0.39, 0.29) is 13.2 Å². The summed E-state index contributed by atoms with van der Waals surface area (Å²) in [6.07, 6.45) is 0. The predicted molar refractivity (Wildman–Crippen MR) is 81.1 cm³/mol. The van der Waals surface area contributed by atoms with E-state index in [4.69, 9.17) is 9.47 Å². The fourth-order valence-electron chi connectivity index (χ4n) is 3.19. The van der Waals surface area contributed by atoms with Crippen molar-refractivity contribution in [3.05, 3.63) is 21.4 Å². The van der Waals surface area contributed by atoms with E-state index in [2.05, 4.69) is 5.32 Å². The third-order valence-electron chi connectivity index (χ3n) is 4.22. The van der Waals surface area contributed by atoms with E-state index in [1.165, 1.54) is 20.9 Å². The number of esters is 2. The molecule has 0 unspecified atom stereocenters. The number of carbonyl (C=O) groups excluding carboxylic acids is 3. The van der Waals surface area contributed by atoms with E-state index in [9.17, 15) is 29.6 Å². The quantitative estimate of drug-likeness (QED) is 0.383. The Morgan fingerprint density at radius 1 is 1.32 bits per heavy atom. The van der Waals surface area contributed by atoms with Gasteiger partial charge in [-0.2, -0.15) is 0 Å². The van der Waals surface area contributed by atoms with Crippen LogP contribution in [-0.4, -0.2) is 71.3 Å². The van der Waals surface area contributed by atoms with Crippen molar-refractivity contribution in [2.24, 2.45) is 5.92 Å². The molecule has 0 spiro atoms. The molecule has 2 N–H and O–H groups in total. The van der Waals surface area contributed by atoms with Crippen LogP contribution < -0.4 is 5.32 Å². The van der Waals surface area contributed by atoms with Gasteiger partial charge in [0.2, 0.25) is 0 Å². The van der Waals surface area contributed by atoms with Crippen molar-refractivity contribution in [1.82, 2.24) is 10.2 Å². The smallest absolute Gasteiger partial charge is 0.339 e. The van der Waals surface area contributed by atoms with E-state index in [0.29, 0.717) is 0 Å². The molecule has 0 aromatic carbocycles. The van der Waals surface area contributed by atoms with Gasteiger partial charge in [-0.1, -0.05) is 0 Å². The zero-order valence-electron chi connectivity index (χ0n) is 13.9. The maximum atomic E-state index is 12.3. The third kappa shape index (κ3) is 2.96. The van der Waals surface area contributed by atoms with Gasteiger partial charge in [-0.05, 0) is 13.8 Å². The number of hydrogen-bond acceptors (Lipinski definition) is 8. The van der Waals surface area contributed by atoms with Crippen LogP contribution in [0.3, 0.4) is 0 Å². The number of carbonyl (C=O) groups is 3. The molecular formula is C14H19N3O8. The van der Waals surface area contributed by atoms with Gasteiger partial charge < -0.3 is 24.8 Å². The lowest BCUT2D eigenvalue weighted by Gasteiger charge is -2.45. The Morgan fingerprint density at radius 2 is 1.92 bits per heavy atom. The molecule has 0 aromatic heterocycles. The summed E-state index contributed by atoms with van der Waals surface area (Å²) in [5.41, 5.74) is -0.477. The van der Waals surface area contributed by atoms with E-state index in [1.54, 1.807) is 0 Å². The van der Waals surface area contributed by atoms with Crippen molar-refractivity contribution in [3.63, 3.8) is 0 Å². The lowest BCUT2D eigenvalue weighted by molar-refractivity contribution is -0.535. The summed E-state index contributed by atoms with van der Waals surface area (Å²) in [6.45, 7) is 2.96. The van der Waals surface area contributed by atoms with E-state index >= 15 is 0 Å². The summed E-state index contributed by atoms with van der Waals surface area (Å²) in [7, 11) is 1.25. The van der Waals surface area contributed by atoms with Gasteiger partial charge in [0.25, 0.3) is 6.04 Å². The van der Waals surface area contributed by atoms with E-state index in [1.807, 2.05) is 0 Å². The number of ether oxygens (including phenoxy) is 2. The summed E-state index contributed by atoms with van der Waals surface area (Å²) >= 11 is 0. The Balaban J connectivity index is 2.66. The summed E-state index contributed by atoms with van der Waals surface area (Å²) in [6, 6.07) is -4.96. The van der Waals surface area contributed by atoms with Crippen molar-refractivity contribution in [2.45, 2.75) is 32.0 Å². The van der Waals surface area contributed by atoms with Crippen LogP contribution in [0.1, 0.15) is 13.8 Å². The molecule has 1 aliphatic carbocycles. The van der Waals surface area contributed by atoms with Crippen molar-refractivity contribution in [2.75, 3.05) is 20.3 Å². The molecule has 2 rings (SSSR count). The first kappa shape index (κ1) is 18.5. The average Bonchev–Trinajstić information content (AvgIpc) is 2.52. The summed E-state index contributed by atoms with van der Waals surface area (Å²) in [5.74, 6) is -4.24. The van der Waals surface area contributed by atoms with Gasteiger partial charge in [-0.15, -0.1) is 0 Å².